The Morgan fingerprint density at radius 3 is 2.84 bits per heavy atom. The maximum atomic E-state index is 11.7. The van der Waals surface area contributed by atoms with Gasteiger partial charge in [-0.1, -0.05) is 29.7 Å². The van der Waals surface area contributed by atoms with Gasteiger partial charge < -0.3 is 10.2 Å². The van der Waals surface area contributed by atoms with Crippen LogP contribution in [-0.4, -0.2) is 41.8 Å². The summed E-state index contributed by atoms with van der Waals surface area (Å²) < 4.78 is 20.1. The first kappa shape index (κ1) is 22.5. The number of phosphoric ester groups is 1. The van der Waals surface area contributed by atoms with E-state index in [0.29, 0.717) is 19.4 Å². The molecule has 0 aliphatic heterocycles. The van der Waals surface area contributed by atoms with Crippen molar-refractivity contribution in [1.82, 2.24) is 10.3 Å². The normalized spacial score (nSPS) is 13.4. The summed E-state index contributed by atoms with van der Waals surface area (Å²) >= 11 is 0. The van der Waals surface area contributed by atoms with Crippen molar-refractivity contribution in [2.24, 2.45) is 0 Å². The van der Waals surface area contributed by atoms with Crippen LogP contribution in [-0.2, 0) is 18.4 Å². The minimum absolute atomic E-state index is 0.0544. The third-order valence-corrected chi connectivity index (χ3v) is 6.31. The summed E-state index contributed by atoms with van der Waals surface area (Å²) in [6.07, 6.45) is 5.60. The van der Waals surface area contributed by atoms with Crippen LogP contribution < -0.4 is 5.32 Å². The second-order valence-corrected chi connectivity index (χ2v) is 9.07. The third kappa shape index (κ3) is 12.4. The molecule has 1 atom stereocenters. The number of aromatic nitrogens is 1. The lowest BCUT2D eigenvalue weighted by atomic mass is 10.2. The van der Waals surface area contributed by atoms with Gasteiger partial charge in [-0.25, -0.2) is 9.55 Å². The molecule has 0 radical (unpaired) electrons. The Hall–Kier alpha value is -0.570. The molecule has 2 N–H and O–H groups in total. The number of nitrogens with one attached hydrogen (secondary N) is 1. The Balaban J connectivity index is 1.89. The highest BCUT2D eigenvalue weighted by Crippen LogP contribution is 2.41. The van der Waals surface area contributed by atoms with Crippen LogP contribution in [0.4, 0.5) is 0 Å². The summed E-state index contributed by atoms with van der Waals surface area (Å²) in [5.74, 6) is 0.796. The minimum atomic E-state index is -3.85. The molecule has 0 saturated carbocycles. The summed E-state index contributed by atoms with van der Waals surface area (Å²) in [4.78, 5) is 24.9. The predicted molar refractivity (Wildman–Crippen MR) is 101 cm³/mol. The average Bonchev–Trinajstić information content (AvgIpc) is 2.62. The van der Waals surface area contributed by atoms with Crippen molar-refractivity contribution in [2.75, 3.05) is 26.0 Å². The Bertz CT molecular complexity index is 536. The van der Waals surface area contributed by atoms with Crippen molar-refractivity contribution in [2.45, 2.75) is 37.1 Å². The van der Waals surface area contributed by atoms with Gasteiger partial charge in [-0.2, -0.15) is 0 Å². The predicted octanol–water partition coefficient (Wildman–Crippen LogP) is 3.65. The van der Waals surface area contributed by atoms with Crippen LogP contribution in [0.2, 0.25) is 0 Å². The summed E-state index contributed by atoms with van der Waals surface area (Å²) in [6, 6.07) is 5.76. The van der Waals surface area contributed by atoms with Crippen molar-refractivity contribution in [3.63, 3.8) is 0 Å². The number of amides is 1. The fourth-order valence-corrected chi connectivity index (χ4v) is 4.10. The lowest BCUT2D eigenvalue weighted by molar-refractivity contribution is -0.120. The van der Waals surface area contributed by atoms with Crippen LogP contribution in [0.3, 0.4) is 0 Å². The second kappa shape index (κ2) is 13.6. The quantitative estimate of drug-likeness (QED) is 0.273. The molecule has 0 spiro atoms. The highest BCUT2D eigenvalue weighted by Gasteiger charge is 2.17. The van der Waals surface area contributed by atoms with Crippen molar-refractivity contribution in [3.8, 4) is 0 Å². The monoisotopic (exact) mass is 408 g/mol. The van der Waals surface area contributed by atoms with Gasteiger partial charge in [0, 0.05) is 32.0 Å². The van der Waals surface area contributed by atoms with Gasteiger partial charge in [-0.05, 0) is 35.8 Å². The van der Waals surface area contributed by atoms with Crippen molar-refractivity contribution < 1.29 is 23.3 Å². The van der Waals surface area contributed by atoms with Crippen molar-refractivity contribution in [3.05, 3.63) is 24.4 Å². The molecule has 0 saturated heterocycles. The Kier molecular flexibility index (Phi) is 12.2. The number of phosphoric acid groups is 1. The van der Waals surface area contributed by atoms with Gasteiger partial charge in [0.05, 0.1) is 6.61 Å². The molecule has 0 aromatic carbocycles. The summed E-state index contributed by atoms with van der Waals surface area (Å²) in [5.41, 5.74) is 0. The molecular formula is C15H25N2O5PS2. The van der Waals surface area contributed by atoms with E-state index in [1.807, 2.05) is 18.2 Å². The number of nitrogens with zero attached hydrogens (tertiary/aromatic N) is 1. The fraction of sp³-hybridized carbons (Fsp3) is 0.600. The van der Waals surface area contributed by atoms with Gasteiger partial charge in [-0.15, -0.1) is 0 Å². The molecular weight excluding hydrogens is 383 g/mol. The molecule has 1 heterocycles. The fourth-order valence-electron chi connectivity index (χ4n) is 1.76. The van der Waals surface area contributed by atoms with E-state index >= 15 is 0 Å². The first-order chi connectivity index (χ1) is 12.0. The van der Waals surface area contributed by atoms with Gasteiger partial charge in [0.25, 0.3) is 0 Å². The van der Waals surface area contributed by atoms with Gasteiger partial charge in [0.1, 0.15) is 5.03 Å². The summed E-state index contributed by atoms with van der Waals surface area (Å²) in [5, 5.41) is 3.84. The summed E-state index contributed by atoms with van der Waals surface area (Å²) in [6.45, 7) is 0.841. The SMILES string of the molecule is COP(=O)(O)OCCCCCCNC(=O)CCSSc1ccccn1. The Labute approximate surface area is 156 Å². The van der Waals surface area contributed by atoms with E-state index in [1.54, 1.807) is 27.8 Å². The van der Waals surface area contributed by atoms with E-state index in [9.17, 15) is 9.36 Å². The van der Waals surface area contributed by atoms with Gasteiger partial charge in [-0.3, -0.25) is 13.8 Å². The number of hydrogen-bond donors (Lipinski definition) is 2. The lowest BCUT2D eigenvalue weighted by Crippen LogP contribution is -2.24. The zero-order chi connectivity index (χ0) is 18.4. The maximum absolute atomic E-state index is 11.7. The Morgan fingerprint density at radius 2 is 2.12 bits per heavy atom. The standard InChI is InChI=1S/C15H25N2O5PS2/c1-21-23(19,20)22-12-7-3-2-5-10-16-14(18)9-13-24-25-15-8-4-6-11-17-15/h4,6,8,11H,2-3,5,7,9-10,12-13H2,1H3,(H,16,18)(H,19,20). The molecule has 142 valence electrons. The van der Waals surface area contributed by atoms with Gasteiger partial charge in [0.15, 0.2) is 0 Å². The number of unbranched alkanes of at least 4 members (excludes halogenated alkanes) is 3. The van der Waals surface area contributed by atoms with E-state index in [0.717, 1.165) is 37.2 Å². The largest absolute Gasteiger partial charge is 0.471 e. The van der Waals surface area contributed by atoms with Crippen molar-refractivity contribution in [1.29, 1.82) is 0 Å². The van der Waals surface area contributed by atoms with Gasteiger partial charge >= 0.3 is 7.82 Å². The van der Waals surface area contributed by atoms with E-state index in [-0.39, 0.29) is 12.5 Å². The summed E-state index contributed by atoms with van der Waals surface area (Å²) in [7, 11) is 0.482. The first-order valence-corrected chi connectivity index (χ1v) is 11.9. The number of carbonyl (C=O) groups excluding carboxylic acids is 1. The number of pyridine rings is 1. The van der Waals surface area contributed by atoms with Crippen LogP contribution in [0.15, 0.2) is 29.4 Å². The molecule has 1 unspecified atom stereocenters. The van der Waals surface area contributed by atoms with Crippen LogP contribution in [0.1, 0.15) is 32.1 Å². The van der Waals surface area contributed by atoms with Crippen LogP contribution >= 0.6 is 29.4 Å². The second-order valence-electron chi connectivity index (χ2n) is 5.07. The van der Waals surface area contributed by atoms with E-state index in [4.69, 9.17) is 9.42 Å². The number of carbonyl (C=O) groups is 1. The third-order valence-electron chi connectivity index (χ3n) is 3.07. The molecule has 0 aliphatic carbocycles. The van der Waals surface area contributed by atoms with E-state index in [2.05, 4.69) is 14.8 Å². The number of hydrogen-bond acceptors (Lipinski definition) is 7. The molecule has 0 bridgehead atoms. The Morgan fingerprint density at radius 1 is 1.32 bits per heavy atom. The molecule has 1 amide bonds. The topological polar surface area (TPSA) is 97.8 Å². The minimum Gasteiger partial charge on any atom is -0.356 e. The molecule has 1 aromatic heterocycles. The molecule has 1 aromatic rings. The molecule has 10 heteroatoms. The first-order valence-electron chi connectivity index (χ1n) is 8.04. The maximum Gasteiger partial charge on any atom is 0.471 e. The molecule has 1 rings (SSSR count). The van der Waals surface area contributed by atoms with Crippen molar-refractivity contribution >= 4 is 35.3 Å². The highest BCUT2D eigenvalue weighted by atomic mass is 33.1. The highest BCUT2D eigenvalue weighted by molar-refractivity contribution is 8.76. The molecule has 7 nitrogen and oxygen atoms in total. The molecule has 0 aliphatic rings. The van der Waals surface area contributed by atoms with E-state index < -0.39 is 7.82 Å². The molecule has 25 heavy (non-hydrogen) atoms. The van der Waals surface area contributed by atoms with Crippen LogP contribution in [0, 0.1) is 0 Å². The van der Waals surface area contributed by atoms with Gasteiger partial charge in [0.2, 0.25) is 5.91 Å². The smallest absolute Gasteiger partial charge is 0.356 e. The van der Waals surface area contributed by atoms with Crippen LogP contribution in [0.5, 0.6) is 0 Å². The van der Waals surface area contributed by atoms with Crippen LogP contribution in [0.25, 0.3) is 0 Å². The molecule has 0 fully saturated rings. The van der Waals surface area contributed by atoms with E-state index in [1.165, 1.54) is 0 Å². The zero-order valence-electron chi connectivity index (χ0n) is 14.3. The lowest BCUT2D eigenvalue weighted by Gasteiger charge is -2.08. The number of rotatable bonds is 14. The zero-order valence-corrected chi connectivity index (χ0v) is 16.8. The average molecular weight is 408 g/mol.